The lowest BCUT2D eigenvalue weighted by atomic mass is 10.3. The standard InChI is InChI=1S/C13H12FNO3.C2H6/c14-10-1-3-11(4-2-10)15-6-5-12(9-13(15)17)18-8-7-16;1-2/h1-6,9,16H,7-8H2;1-2H3. The van der Waals surface area contributed by atoms with Crippen molar-refractivity contribution in [2.24, 2.45) is 0 Å². The molecule has 20 heavy (non-hydrogen) atoms. The van der Waals surface area contributed by atoms with Crippen molar-refractivity contribution < 1.29 is 14.2 Å². The molecule has 0 aliphatic heterocycles. The summed E-state index contributed by atoms with van der Waals surface area (Å²) in [6.45, 7) is 4.03. The number of aliphatic hydroxyl groups excluding tert-OH is 1. The highest BCUT2D eigenvalue weighted by Crippen LogP contribution is 2.10. The van der Waals surface area contributed by atoms with Gasteiger partial charge in [-0.2, -0.15) is 0 Å². The summed E-state index contributed by atoms with van der Waals surface area (Å²) in [4.78, 5) is 11.8. The van der Waals surface area contributed by atoms with Gasteiger partial charge in [0.15, 0.2) is 0 Å². The van der Waals surface area contributed by atoms with Crippen molar-refractivity contribution in [3.63, 3.8) is 0 Å². The van der Waals surface area contributed by atoms with Crippen LogP contribution in [0.3, 0.4) is 0 Å². The number of nitrogens with zero attached hydrogens (tertiary/aromatic N) is 1. The molecule has 2 aromatic rings. The van der Waals surface area contributed by atoms with Gasteiger partial charge in [0.1, 0.15) is 18.2 Å². The molecule has 0 unspecified atom stereocenters. The number of hydrogen-bond donors (Lipinski definition) is 1. The topological polar surface area (TPSA) is 51.5 Å². The van der Waals surface area contributed by atoms with Crippen molar-refractivity contribution in [3.05, 3.63) is 58.8 Å². The monoisotopic (exact) mass is 279 g/mol. The molecule has 0 amide bonds. The second kappa shape index (κ2) is 8.12. The fraction of sp³-hybridized carbons (Fsp3) is 0.267. The fourth-order valence-electron chi connectivity index (χ4n) is 1.53. The molecule has 0 spiro atoms. The number of benzene rings is 1. The number of rotatable bonds is 4. The maximum atomic E-state index is 12.8. The Morgan fingerprint density at radius 1 is 1.20 bits per heavy atom. The smallest absolute Gasteiger partial charge is 0.258 e. The van der Waals surface area contributed by atoms with Crippen molar-refractivity contribution in [2.45, 2.75) is 13.8 Å². The first-order valence-corrected chi connectivity index (χ1v) is 6.43. The second-order valence-corrected chi connectivity index (χ2v) is 3.62. The summed E-state index contributed by atoms with van der Waals surface area (Å²) in [6.07, 6.45) is 1.54. The molecule has 2 rings (SSSR count). The maximum Gasteiger partial charge on any atom is 0.258 e. The number of halogens is 1. The van der Waals surface area contributed by atoms with Gasteiger partial charge in [-0.15, -0.1) is 0 Å². The van der Waals surface area contributed by atoms with E-state index in [0.29, 0.717) is 11.4 Å². The molecule has 0 saturated carbocycles. The van der Waals surface area contributed by atoms with Crippen molar-refractivity contribution in [2.75, 3.05) is 13.2 Å². The highest BCUT2D eigenvalue weighted by atomic mass is 19.1. The molecule has 0 aliphatic rings. The summed E-state index contributed by atoms with van der Waals surface area (Å²) >= 11 is 0. The van der Waals surface area contributed by atoms with Gasteiger partial charge in [-0.25, -0.2) is 4.39 Å². The van der Waals surface area contributed by atoms with E-state index in [1.54, 1.807) is 12.3 Å². The van der Waals surface area contributed by atoms with Gasteiger partial charge in [-0.3, -0.25) is 9.36 Å². The van der Waals surface area contributed by atoms with E-state index < -0.39 is 0 Å². The third kappa shape index (κ3) is 4.20. The van der Waals surface area contributed by atoms with Crippen LogP contribution in [0.25, 0.3) is 5.69 Å². The Balaban J connectivity index is 0.000000956. The number of pyridine rings is 1. The third-order valence-corrected chi connectivity index (χ3v) is 2.36. The first kappa shape index (κ1) is 15.9. The number of ether oxygens (including phenoxy) is 1. The normalized spacial score (nSPS) is 9.60. The van der Waals surface area contributed by atoms with E-state index in [9.17, 15) is 9.18 Å². The highest BCUT2D eigenvalue weighted by molar-refractivity contribution is 5.33. The van der Waals surface area contributed by atoms with E-state index in [-0.39, 0.29) is 24.6 Å². The van der Waals surface area contributed by atoms with E-state index in [1.165, 1.54) is 34.9 Å². The molecule has 0 aliphatic carbocycles. The van der Waals surface area contributed by atoms with Crippen LogP contribution < -0.4 is 10.3 Å². The molecule has 1 aromatic heterocycles. The molecule has 0 fully saturated rings. The Kier molecular flexibility index (Phi) is 6.46. The molecular formula is C15H18FNO3. The molecule has 0 saturated heterocycles. The lowest BCUT2D eigenvalue weighted by molar-refractivity contribution is 0.201. The van der Waals surface area contributed by atoms with Crippen molar-refractivity contribution in [1.29, 1.82) is 0 Å². The molecule has 0 radical (unpaired) electrons. The van der Waals surface area contributed by atoms with Gasteiger partial charge in [-0.1, -0.05) is 13.8 Å². The minimum Gasteiger partial charge on any atom is -0.491 e. The average molecular weight is 279 g/mol. The number of hydrogen-bond acceptors (Lipinski definition) is 3. The third-order valence-electron chi connectivity index (χ3n) is 2.36. The Hall–Kier alpha value is -2.14. The minimum absolute atomic E-state index is 0.110. The molecule has 0 bridgehead atoms. The van der Waals surface area contributed by atoms with E-state index in [1.807, 2.05) is 13.8 Å². The lowest BCUT2D eigenvalue weighted by Crippen LogP contribution is -2.17. The molecule has 0 atom stereocenters. The van der Waals surface area contributed by atoms with Gasteiger partial charge < -0.3 is 9.84 Å². The minimum atomic E-state index is -0.352. The van der Waals surface area contributed by atoms with Crippen LogP contribution in [0, 0.1) is 5.82 Å². The zero-order chi connectivity index (χ0) is 15.0. The molecule has 1 heterocycles. The Morgan fingerprint density at radius 3 is 2.40 bits per heavy atom. The maximum absolute atomic E-state index is 12.8. The van der Waals surface area contributed by atoms with Crippen LogP contribution in [-0.4, -0.2) is 22.9 Å². The van der Waals surface area contributed by atoms with E-state index in [0.717, 1.165) is 0 Å². The number of aliphatic hydroxyl groups is 1. The molecular weight excluding hydrogens is 261 g/mol. The largest absolute Gasteiger partial charge is 0.491 e. The van der Waals surface area contributed by atoms with Crippen LogP contribution in [0.15, 0.2) is 47.4 Å². The van der Waals surface area contributed by atoms with E-state index in [2.05, 4.69) is 0 Å². The van der Waals surface area contributed by atoms with Gasteiger partial charge in [0, 0.05) is 18.0 Å². The van der Waals surface area contributed by atoms with Crippen LogP contribution in [-0.2, 0) is 0 Å². The summed E-state index contributed by atoms with van der Waals surface area (Å²) in [7, 11) is 0. The predicted octanol–water partition coefficient (Wildman–Crippen LogP) is 2.37. The summed E-state index contributed by atoms with van der Waals surface area (Å²) in [5, 5.41) is 8.61. The van der Waals surface area contributed by atoms with Crippen LogP contribution in [0.5, 0.6) is 5.75 Å². The summed E-state index contributed by atoms with van der Waals surface area (Å²) in [6, 6.07) is 8.55. The first-order valence-electron chi connectivity index (χ1n) is 6.43. The van der Waals surface area contributed by atoms with Gasteiger partial charge >= 0.3 is 0 Å². The Morgan fingerprint density at radius 2 is 1.85 bits per heavy atom. The zero-order valence-electron chi connectivity index (χ0n) is 11.5. The SMILES string of the molecule is CC.O=c1cc(OCCO)ccn1-c1ccc(F)cc1. The van der Waals surface area contributed by atoms with E-state index in [4.69, 9.17) is 9.84 Å². The Labute approximate surface area is 117 Å². The van der Waals surface area contributed by atoms with Gasteiger partial charge in [0.2, 0.25) is 0 Å². The highest BCUT2D eigenvalue weighted by Gasteiger charge is 2.02. The van der Waals surface area contributed by atoms with Gasteiger partial charge in [-0.05, 0) is 30.3 Å². The predicted molar refractivity (Wildman–Crippen MR) is 75.9 cm³/mol. The molecule has 4 nitrogen and oxygen atoms in total. The summed E-state index contributed by atoms with van der Waals surface area (Å²) in [5.74, 6) is 0.0436. The van der Waals surface area contributed by atoms with Crippen LogP contribution in [0.2, 0.25) is 0 Å². The van der Waals surface area contributed by atoms with Gasteiger partial charge in [0.25, 0.3) is 5.56 Å². The number of aromatic nitrogens is 1. The lowest BCUT2D eigenvalue weighted by Gasteiger charge is -2.07. The van der Waals surface area contributed by atoms with Gasteiger partial charge in [0.05, 0.1) is 6.61 Å². The molecule has 1 N–H and O–H groups in total. The molecule has 1 aromatic carbocycles. The van der Waals surface area contributed by atoms with Crippen LogP contribution >= 0.6 is 0 Å². The summed E-state index contributed by atoms with van der Waals surface area (Å²) < 4.78 is 19.3. The Bertz CT molecular complexity index is 578. The molecule has 108 valence electrons. The van der Waals surface area contributed by atoms with Crippen LogP contribution in [0.1, 0.15) is 13.8 Å². The van der Waals surface area contributed by atoms with Crippen molar-refractivity contribution in [3.8, 4) is 11.4 Å². The van der Waals surface area contributed by atoms with Crippen molar-refractivity contribution in [1.82, 2.24) is 4.57 Å². The average Bonchev–Trinajstić information content (AvgIpc) is 2.48. The van der Waals surface area contributed by atoms with E-state index >= 15 is 0 Å². The first-order chi connectivity index (χ1) is 9.70. The van der Waals surface area contributed by atoms with Crippen LogP contribution in [0.4, 0.5) is 4.39 Å². The quantitative estimate of drug-likeness (QED) is 0.934. The summed E-state index contributed by atoms with van der Waals surface area (Å²) in [5.41, 5.74) is 0.298. The zero-order valence-corrected chi connectivity index (χ0v) is 11.5. The fourth-order valence-corrected chi connectivity index (χ4v) is 1.53. The molecule has 5 heteroatoms. The van der Waals surface area contributed by atoms with Crippen molar-refractivity contribution >= 4 is 0 Å². The second-order valence-electron chi connectivity index (χ2n) is 3.62.